The van der Waals surface area contributed by atoms with Gasteiger partial charge < -0.3 is 9.84 Å². The molecule has 0 aliphatic carbocycles. The molecular formula is C25H33NO5S. The van der Waals surface area contributed by atoms with E-state index in [-0.39, 0.29) is 22.0 Å². The summed E-state index contributed by atoms with van der Waals surface area (Å²) in [5.41, 5.74) is 0.735. The van der Waals surface area contributed by atoms with Crippen molar-refractivity contribution in [1.82, 2.24) is 5.32 Å². The third-order valence-corrected chi connectivity index (χ3v) is 8.23. The van der Waals surface area contributed by atoms with Crippen molar-refractivity contribution in [2.45, 2.75) is 68.8 Å². The highest BCUT2D eigenvalue weighted by Gasteiger charge is 2.43. The first-order valence-electron chi connectivity index (χ1n) is 11.3. The molecule has 0 bridgehead atoms. The van der Waals surface area contributed by atoms with Crippen LogP contribution in [-0.4, -0.2) is 37.9 Å². The molecule has 6 nitrogen and oxygen atoms in total. The van der Waals surface area contributed by atoms with Crippen molar-refractivity contribution in [3.8, 4) is 5.75 Å². The molecule has 0 aromatic heterocycles. The number of hydrogen-bond acceptors (Lipinski definition) is 5. The zero-order chi connectivity index (χ0) is 23.4. The molecule has 1 unspecified atom stereocenters. The molecule has 174 valence electrons. The second-order valence-corrected chi connectivity index (χ2v) is 10.6. The van der Waals surface area contributed by atoms with Gasteiger partial charge in [-0.2, -0.15) is 0 Å². The smallest absolute Gasteiger partial charge is 0.339 e. The second kappa shape index (κ2) is 10.0. The third-order valence-electron chi connectivity index (χ3n) is 6.28. The first-order valence-corrected chi connectivity index (χ1v) is 12.9. The Bertz CT molecular complexity index is 1040. The van der Waals surface area contributed by atoms with E-state index in [9.17, 15) is 18.3 Å². The molecule has 32 heavy (non-hydrogen) atoms. The van der Waals surface area contributed by atoms with Crippen LogP contribution >= 0.6 is 0 Å². The minimum absolute atomic E-state index is 0.0538. The topological polar surface area (TPSA) is 92.7 Å². The Balaban J connectivity index is 2.28. The van der Waals surface area contributed by atoms with Gasteiger partial charge in [0.05, 0.1) is 23.8 Å². The summed E-state index contributed by atoms with van der Waals surface area (Å²) in [6.45, 7) is 4.21. The van der Waals surface area contributed by atoms with Gasteiger partial charge in [-0.1, -0.05) is 69.9 Å². The highest BCUT2D eigenvalue weighted by Crippen LogP contribution is 2.41. The second-order valence-electron chi connectivity index (χ2n) is 8.63. The van der Waals surface area contributed by atoms with E-state index in [0.717, 1.165) is 44.1 Å². The summed E-state index contributed by atoms with van der Waals surface area (Å²) in [6.07, 6.45) is 5.23. The molecule has 0 amide bonds. The summed E-state index contributed by atoms with van der Waals surface area (Å²) in [4.78, 5) is 11.9. The lowest BCUT2D eigenvalue weighted by Crippen LogP contribution is -2.50. The number of aromatic carboxylic acids is 1. The minimum atomic E-state index is -3.75. The van der Waals surface area contributed by atoms with Crippen LogP contribution in [0.3, 0.4) is 0 Å². The lowest BCUT2D eigenvalue weighted by Gasteiger charge is -2.37. The summed E-state index contributed by atoms with van der Waals surface area (Å²) >= 11 is 0. The van der Waals surface area contributed by atoms with Gasteiger partial charge in [-0.25, -0.2) is 13.2 Å². The Hall–Kier alpha value is -2.38. The molecule has 1 heterocycles. The maximum Gasteiger partial charge on any atom is 0.339 e. The monoisotopic (exact) mass is 459 g/mol. The molecule has 3 rings (SSSR count). The molecule has 0 radical (unpaired) electrons. The van der Waals surface area contributed by atoms with Gasteiger partial charge >= 0.3 is 5.97 Å². The van der Waals surface area contributed by atoms with Gasteiger partial charge in [0.25, 0.3) is 0 Å². The lowest BCUT2D eigenvalue weighted by molar-refractivity contribution is 0.0693. The number of carboxylic acids is 1. The van der Waals surface area contributed by atoms with Crippen molar-refractivity contribution in [2.75, 3.05) is 12.9 Å². The van der Waals surface area contributed by atoms with Crippen LogP contribution in [0.2, 0.25) is 0 Å². The summed E-state index contributed by atoms with van der Waals surface area (Å²) in [5, 5.41) is 13.4. The van der Waals surface area contributed by atoms with Crippen LogP contribution in [0, 0.1) is 0 Å². The van der Waals surface area contributed by atoms with Crippen molar-refractivity contribution < 1.29 is 23.1 Å². The van der Waals surface area contributed by atoms with Crippen LogP contribution in [0.15, 0.2) is 47.4 Å². The third kappa shape index (κ3) is 4.99. The molecule has 0 saturated carbocycles. The summed E-state index contributed by atoms with van der Waals surface area (Å²) < 4.78 is 32.8. The van der Waals surface area contributed by atoms with Crippen molar-refractivity contribution in [3.63, 3.8) is 0 Å². The predicted molar refractivity (Wildman–Crippen MR) is 125 cm³/mol. The summed E-state index contributed by atoms with van der Waals surface area (Å²) in [7, 11) is -2.35. The molecule has 1 atom stereocenters. The molecule has 1 aliphatic heterocycles. The zero-order valence-electron chi connectivity index (χ0n) is 19.1. The van der Waals surface area contributed by atoms with Crippen LogP contribution in [-0.2, 0) is 9.84 Å². The van der Waals surface area contributed by atoms with E-state index in [1.54, 1.807) is 6.07 Å². The number of methoxy groups -OCH3 is 1. The van der Waals surface area contributed by atoms with E-state index < -0.39 is 27.4 Å². The van der Waals surface area contributed by atoms with E-state index >= 15 is 0 Å². The van der Waals surface area contributed by atoms with E-state index in [2.05, 4.69) is 19.2 Å². The maximum absolute atomic E-state index is 13.7. The summed E-state index contributed by atoms with van der Waals surface area (Å²) in [5.74, 6) is -1.11. The fourth-order valence-electron chi connectivity index (χ4n) is 4.63. The zero-order valence-corrected chi connectivity index (χ0v) is 19.9. The molecular weight excluding hydrogens is 426 g/mol. The van der Waals surface area contributed by atoms with Crippen molar-refractivity contribution in [1.29, 1.82) is 0 Å². The number of rotatable bonds is 9. The predicted octanol–water partition coefficient (Wildman–Crippen LogP) is 4.98. The van der Waals surface area contributed by atoms with Crippen LogP contribution < -0.4 is 10.1 Å². The van der Waals surface area contributed by atoms with Crippen LogP contribution in [0.5, 0.6) is 5.75 Å². The first kappa shape index (κ1) is 24.3. The van der Waals surface area contributed by atoms with Crippen LogP contribution in [0.1, 0.15) is 79.9 Å². The molecule has 1 aliphatic rings. The Labute approximate surface area is 190 Å². The number of fused-ring (bicyclic) bond motifs is 1. The Kier molecular flexibility index (Phi) is 7.62. The van der Waals surface area contributed by atoms with Gasteiger partial charge in [0, 0.05) is 5.54 Å². The van der Waals surface area contributed by atoms with E-state index in [1.807, 2.05) is 30.3 Å². The minimum Gasteiger partial charge on any atom is -0.496 e. The number of ether oxygens (including phenoxy) is 1. The van der Waals surface area contributed by atoms with Gasteiger partial charge in [-0.3, -0.25) is 5.32 Å². The highest BCUT2D eigenvalue weighted by molar-refractivity contribution is 7.91. The fraction of sp³-hybridized carbons (Fsp3) is 0.480. The molecule has 7 heteroatoms. The fourth-order valence-corrected chi connectivity index (χ4v) is 6.71. The lowest BCUT2D eigenvalue weighted by atomic mass is 9.86. The number of sulfone groups is 1. The molecule has 2 N–H and O–H groups in total. The summed E-state index contributed by atoms with van der Waals surface area (Å²) in [6, 6.07) is 12.2. The standard InChI is InChI=1S/C25H33NO5S/c1-4-6-13-25(14-7-5-2)17-32(29,30)22-16-19(24(27)28)21(31-3)15-20(22)23(26-25)18-11-9-8-10-12-18/h8-12,15-16,23,26H,4-7,13-14,17H2,1-3H3,(H,27,28). The van der Waals surface area contributed by atoms with E-state index in [0.29, 0.717) is 5.56 Å². The van der Waals surface area contributed by atoms with Crippen molar-refractivity contribution in [3.05, 3.63) is 59.2 Å². The Morgan fingerprint density at radius 1 is 1.12 bits per heavy atom. The molecule has 0 saturated heterocycles. The molecule has 2 aromatic rings. The first-order chi connectivity index (χ1) is 15.3. The van der Waals surface area contributed by atoms with Gasteiger partial charge in [0.2, 0.25) is 0 Å². The normalized spacial score (nSPS) is 19.0. The molecule has 0 spiro atoms. The van der Waals surface area contributed by atoms with Gasteiger partial charge in [0.15, 0.2) is 9.84 Å². The number of unbranched alkanes of at least 4 members (excludes halogenated alkanes) is 2. The van der Waals surface area contributed by atoms with E-state index in [1.165, 1.54) is 13.2 Å². The van der Waals surface area contributed by atoms with Gasteiger partial charge in [0.1, 0.15) is 11.3 Å². The van der Waals surface area contributed by atoms with E-state index in [4.69, 9.17) is 4.74 Å². The molecule has 2 aromatic carbocycles. The SMILES string of the molecule is CCCCC1(CCCC)CS(=O)(=O)c2cc(C(=O)O)c(OC)cc2C(c2ccccc2)N1. The van der Waals surface area contributed by atoms with Crippen molar-refractivity contribution >= 4 is 15.8 Å². The van der Waals surface area contributed by atoms with Gasteiger partial charge in [-0.05, 0) is 36.1 Å². The number of hydrogen-bond donors (Lipinski definition) is 2. The van der Waals surface area contributed by atoms with Gasteiger partial charge in [-0.15, -0.1) is 0 Å². The average molecular weight is 460 g/mol. The number of nitrogens with one attached hydrogen (secondary N) is 1. The largest absolute Gasteiger partial charge is 0.496 e. The Morgan fingerprint density at radius 3 is 2.28 bits per heavy atom. The number of carboxylic acid groups (broad SMARTS) is 1. The molecule has 0 fully saturated rings. The number of carbonyl (C=O) groups is 1. The average Bonchev–Trinajstić information content (AvgIpc) is 2.88. The number of benzene rings is 2. The quantitative estimate of drug-likeness (QED) is 0.549. The maximum atomic E-state index is 13.7. The van der Waals surface area contributed by atoms with Crippen LogP contribution in [0.25, 0.3) is 0 Å². The highest BCUT2D eigenvalue weighted by atomic mass is 32.2. The van der Waals surface area contributed by atoms with Crippen molar-refractivity contribution in [2.24, 2.45) is 0 Å². The Morgan fingerprint density at radius 2 is 1.75 bits per heavy atom. The van der Waals surface area contributed by atoms with Crippen LogP contribution in [0.4, 0.5) is 0 Å².